The lowest BCUT2D eigenvalue weighted by Gasteiger charge is -2.33. The number of pyridine rings is 1. The molecule has 0 atom stereocenters. The van der Waals surface area contributed by atoms with Crippen LogP contribution in [-0.2, 0) is 16.6 Å². The fraction of sp³-hybridized carbons (Fsp3) is 0.583. The maximum absolute atomic E-state index is 14.0. The molecule has 8 heteroatoms. The summed E-state index contributed by atoms with van der Waals surface area (Å²) < 4.78 is 43.1. The van der Waals surface area contributed by atoms with Crippen LogP contribution in [0.4, 0.5) is 4.39 Å². The monoisotopic (exact) mass is 303 g/mol. The zero-order valence-electron chi connectivity index (χ0n) is 11.5. The summed E-state index contributed by atoms with van der Waals surface area (Å²) in [4.78, 5) is 5.81. The first-order valence-corrected chi connectivity index (χ1v) is 8.11. The average molecular weight is 303 g/mol. The van der Waals surface area contributed by atoms with E-state index in [1.165, 1.54) is 23.9 Å². The van der Waals surface area contributed by atoms with Crippen molar-refractivity contribution in [1.29, 1.82) is 0 Å². The largest absolute Gasteiger partial charge is 0.479 e. The van der Waals surface area contributed by atoms with Crippen LogP contribution in [0.5, 0.6) is 5.88 Å². The minimum absolute atomic E-state index is 0.0164. The van der Waals surface area contributed by atoms with Crippen molar-refractivity contribution in [2.75, 3.05) is 39.5 Å². The molecule has 1 fully saturated rings. The van der Waals surface area contributed by atoms with Crippen molar-refractivity contribution in [1.82, 2.24) is 14.2 Å². The van der Waals surface area contributed by atoms with Crippen LogP contribution in [0.1, 0.15) is 5.56 Å². The van der Waals surface area contributed by atoms with Gasteiger partial charge in [0.25, 0.3) is 0 Å². The fourth-order valence-electron chi connectivity index (χ4n) is 2.19. The minimum Gasteiger partial charge on any atom is -0.479 e. The highest BCUT2D eigenvalue weighted by atomic mass is 32.2. The van der Waals surface area contributed by atoms with Crippen LogP contribution < -0.4 is 4.74 Å². The Morgan fingerprint density at radius 1 is 1.35 bits per heavy atom. The molecule has 0 spiro atoms. The molecule has 0 aliphatic carbocycles. The molecule has 0 aromatic carbocycles. The van der Waals surface area contributed by atoms with Gasteiger partial charge >= 0.3 is 0 Å². The van der Waals surface area contributed by atoms with Crippen LogP contribution >= 0.6 is 0 Å². The van der Waals surface area contributed by atoms with E-state index in [1.807, 2.05) is 4.90 Å². The van der Waals surface area contributed by atoms with Crippen molar-refractivity contribution in [2.24, 2.45) is 0 Å². The molecule has 1 aromatic rings. The Balaban J connectivity index is 2.00. The number of hydrogen-bond donors (Lipinski definition) is 0. The summed E-state index contributed by atoms with van der Waals surface area (Å²) in [5, 5.41) is 0. The maximum Gasteiger partial charge on any atom is 0.250 e. The molecule has 2 rings (SSSR count). The van der Waals surface area contributed by atoms with Crippen molar-refractivity contribution >= 4 is 10.0 Å². The second-order valence-corrected chi connectivity index (χ2v) is 6.71. The standard InChI is InChI=1S/C12H18FN3O3S/c1-19-12-11(13)10(3-4-14-12)9-15-5-7-16(8-6-15)20(2,17)18/h3-4H,5-9H2,1-2H3. The Morgan fingerprint density at radius 2 is 2.00 bits per heavy atom. The Morgan fingerprint density at radius 3 is 2.55 bits per heavy atom. The Hall–Kier alpha value is -1.25. The molecule has 0 N–H and O–H groups in total. The zero-order valence-corrected chi connectivity index (χ0v) is 12.4. The summed E-state index contributed by atoms with van der Waals surface area (Å²) in [6.45, 7) is 2.45. The molecule has 6 nitrogen and oxygen atoms in total. The summed E-state index contributed by atoms with van der Waals surface area (Å²) in [6, 6.07) is 1.61. The highest BCUT2D eigenvalue weighted by Crippen LogP contribution is 2.19. The van der Waals surface area contributed by atoms with E-state index in [-0.39, 0.29) is 5.88 Å². The molecule has 2 heterocycles. The van der Waals surface area contributed by atoms with Crippen LogP contribution in [-0.4, -0.2) is 62.2 Å². The van der Waals surface area contributed by atoms with Gasteiger partial charge in [0.15, 0.2) is 5.82 Å². The molecule has 1 saturated heterocycles. The molecular formula is C12H18FN3O3S. The molecule has 0 bridgehead atoms. The average Bonchev–Trinajstić information content (AvgIpc) is 2.41. The van der Waals surface area contributed by atoms with Gasteiger partial charge in [-0.25, -0.2) is 17.8 Å². The third-order valence-corrected chi connectivity index (χ3v) is 4.63. The highest BCUT2D eigenvalue weighted by molar-refractivity contribution is 7.88. The first kappa shape index (κ1) is 15.1. The Bertz CT molecular complexity index is 571. The third kappa shape index (κ3) is 3.44. The van der Waals surface area contributed by atoms with Gasteiger partial charge in [-0.2, -0.15) is 4.31 Å². The van der Waals surface area contributed by atoms with Gasteiger partial charge in [-0.15, -0.1) is 0 Å². The first-order chi connectivity index (χ1) is 9.41. The number of sulfonamides is 1. The van der Waals surface area contributed by atoms with Gasteiger partial charge in [0.2, 0.25) is 15.9 Å². The summed E-state index contributed by atoms with van der Waals surface area (Å²) >= 11 is 0. The van der Waals surface area contributed by atoms with Crippen molar-refractivity contribution in [3.8, 4) is 5.88 Å². The van der Waals surface area contributed by atoms with E-state index >= 15 is 0 Å². The van der Waals surface area contributed by atoms with E-state index in [4.69, 9.17) is 4.74 Å². The second kappa shape index (κ2) is 6.02. The highest BCUT2D eigenvalue weighted by Gasteiger charge is 2.24. The smallest absolute Gasteiger partial charge is 0.250 e. The number of rotatable bonds is 4. The molecule has 20 heavy (non-hydrogen) atoms. The predicted molar refractivity (Wildman–Crippen MR) is 72.4 cm³/mol. The molecule has 0 saturated carbocycles. The van der Waals surface area contributed by atoms with E-state index in [1.54, 1.807) is 6.07 Å². The quantitative estimate of drug-likeness (QED) is 0.801. The SMILES string of the molecule is COc1nccc(CN2CCN(S(C)(=O)=O)CC2)c1F. The van der Waals surface area contributed by atoms with Crippen LogP contribution in [0, 0.1) is 5.82 Å². The van der Waals surface area contributed by atoms with E-state index in [2.05, 4.69) is 4.98 Å². The lowest BCUT2D eigenvalue weighted by molar-refractivity contribution is 0.180. The number of aromatic nitrogens is 1. The fourth-order valence-corrected chi connectivity index (χ4v) is 3.01. The Kier molecular flexibility index (Phi) is 4.56. The number of halogens is 1. The molecule has 1 aliphatic heterocycles. The van der Waals surface area contributed by atoms with E-state index < -0.39 is 15.8 Å². The van der Waals surface area contributed by atoms with Crippen LogP contribution in [0.3, 0.4) is 0 Å². The molecule has 0 unspecified atom stereocenters. The van der Waals surface area contributed by atoms with Gasteiger partial charge in [0.05, 0.1) is 13.4 Å². The summed E-state index contributed by atoms with van der Waals surface area (Å²) in [6.07, 6.45) is 2.71. The van der Waals surface area contributed by atoms with Crippen molar-refractivity contribution in [2.45, 2.75) is 6.54 Å². The predicted octanol–water partition coefficient (Wildman–Crippen LogP) is 0.306. The summed E-state index contributed by atoms with van der Waals surface area (Å²) in [5.41, 5.74) is 0.504. The third-order valence-electron chi connectivity index (χ3n) is 3.32. The molecule has 0 radical (unpaired) electrons. The molecular weight excluding hydrogens is 285 g/mol. The summed E-state index contributed by atoms with van der Waals surface area (Å²) in [5.74, 6) is -0.474. The number of hydrogen-bond acceptors (Lipinski definition) is 5. The topological polar surface area (TPSA) is 62.7 Å². The normalized spacial score (nSPS) is 18.1. The van der Waals surface area contributed by atoms with E-state index in [0.29, 0.717) is 38.3 Å². The van der Waals surface area contributed by atoms with Crippen LogP contribution in [0.25, 0.3) is 0 Å². The minimum atomic E-state index is -3.14. The Labute approximate surface area is 118 Å². The molecule has 112 valence electrons. The number of nitrogens with zero attached hydrogens (tertiary/aromatic N) is 3. The van der Waals surface area contributed by atoms with Gasteiger partial charge in [-0.3, -0.25) is 4.90 Å². The second-order valence-electron chi connectivity index (χ2n) is 4.73. The number of piperazine rings is 1. The van der Waals surface area contributed by atoms with Gasteiger partial charge in [0, 0.05) is 44.5 Å². The summed E-state index contributed by atoms with van der Waals surface area (Å²) in [7, 11) is -1.76. The van der Waals surface area contributed by atoms with Gasteiger partial charge < -0.3 is 4.74 Å². The van der Waals surface area contributed by atoms with Crippen LogP contribution in [0.15, 0.2) is 12.3 Å². The van der Waals surface area contributed by atoms with Crippen molar-refractivity contribution < 1.29 is 17.5 Å². The van der Waals surface area contributed by atoms with Gasteiger partial charge in [0.1, 0.15) is 0 Å². The number of methoxy groups -OCH3 is 1. The van der Waals surface area contributed by atoms with E-state index in [9.17, 15) is 12.8 Å². The molecule has 1 aliphatic rings. The molecule has 1 aromatic heterocycles. The van der Waals surface area contributed by atoms with Crippen molar-refractivity contribution in [3.05, 3.63) is 23.6 Å². The number of ether oxygens (including phenoxy) is 1. The maximum atomic E-state index is 14.0. The van der Waals surface area contributed by atoms with E-state index in [0.717, 1.165) is 0 Å². The lowest BCUT2D eigenvalue weighted by Crippen LogP contribution is -2.47. The zero-order chi connectivity index (χ0) is 14.8. The lowest BCUT2D eigenvalue weighted by atomic mass is 10.2. The van der Waals surface area contributed by atoms with Gasteiger partial charge in [-0.1, -0.05) is 0 Å². The van der Waals surface area contributed by atoms with Crippen molar-refractivity contribution in [3.63, 3.8) is 0 Å². The van der Waals surface area contributed by atoms with Gasteiger partial charge in [-0.05, 0) is 6.07 Å². The van der Waals surface area contributed by atoms with Crippen LogP contribution in [0.2, 0.25) is 0 Å². The molecule has 0 amide bonds. The first-order valence-electron chi connectivity index (χ1n) is 6.26.